The maximum Gasteiger partial charge on any atom is 0.456 e. The highest BCUT2D eigenvalue weighted by molar-refractivity contribution is 7.97. The number of benzene rings is 2. The first-order chi connectivity index (χ1) is 16.4. The molecule has 0 aliphatic carbocycles. The van der Waals surface area contributed by atoms with E-state index in [9.17, 15) is 31.4 Å². The number of halogens is 6. The van der Waals surface area contributed by atoms with Crippen LogP contribution in [0.15, 0.2) is 59.8 Å². The van der Waals surface area contributed by atoms with Gasteiger partial charge in [0.25, 0.3) is 0 Å². The summed E-state index contributed by atoms with van der Waals surface area (Å²) in [6.07, 6.45) is -4.52. The van der Waals surface area contributed by atoms with Gasteiger partial charge in [-0.25, -0.2) is 18.7 Å². The monoisotopic (exact) mass is 514 g/mol. The van der Waals surface area contributed by atoms with Crippen molar-refractivity contribution in [2.45, 2.75) is 35.4 Å². The number of nitrogens with two attached hydrogens (primary N) is 1. The third-order valence-corrected chi connectivity index (χ3v) is 7.04. The molecule has 186 valence electrons. The molecule has 2 aromatic carbocycles. The molecular formula is C23H20F6N4OS. The van der Waals surface area contributed by atoms with E-state index in [2.05, 4.69) is 9.97 Å². The third-order valence-electron chi connectivity index (χ3n) is 5.87. The molecule has 2 heterocycles. The number of piperidine rings is 1. The van der Waals surface area contributed by atoms with Crippen molar-refractivity contribution >= 4 is 17.9 Å². The molecule has 12 heteroatoms. The predicted octanol–water partition coefficient (Wildman–Crippen LogP) is 5.56. The Morgan fingerprint density at radius 2 is 1.54 bits per heavy atom. The maximum absolute atomic E-state index is 14.9. The summed E-state index contributed by atoms with van der Waals surface area (Å²) in [6, 6.07) is 11.6. The number of nitrogen functional groups attached to an aromatic ring is 1. The van der Waals surface area contributed by atoms with Gasteiger partial charge < -0.3 is 10.8 Å². The number of aromatic nitrogens is 2. The van der Waals surface area contributed by atoms with E-state index < -0.39 is 36.4 Å². The van der Waals surface area contributed by atoms with Crippen LogP contribution in [0, 0.1) is 5.82 Å². The zero-order valence-electron chi connectivity index (χ0n) is 18.1. The van der Waals surface area contributed by atoms with Crippen LogP contribution in [0.2, 0.25) is 0 Å². The molecule has 35 heavy (non-hydrogen) atoms. The second-order valence-corrected chi connectivity index (χ2v) is 9.28. The summed E-state index contributed by atoms with van der Waals surface area (Å²) in [5.41, 5.74) is 4.23. The van der Waals surface area contributed by atoms with Crippen molar-refractivity contribution in [3.63, 3.8) is 0 Å². The van der Waals surface area contributed by atoms with Crippen molar-refractivity contribution in [2.75, 3.05) is 18.8 Å². The van der Waals surface area contributed by atoms with Crippen LogP contribution in [-0.4, -0.2) is 50.2 Å². The van der Waals surface area contributed by atoms with Gasteiger partial charge in [-0.3, -0.25) is 0 Å². The number of aliphatic hydroxyl groups is 1. The molecule has 3 aromatic rings. The van der Waals surface area contributed by atoms with E-state index in [0.717, 1.165) is 11.9 Å². The molecule has 1 aliphatic rings. The Labute approximate surface area is 201 Å². The Balaban J connectivity index is 1.52. The van der Waals surface area contributed by atoms with Crippen LogP contribution >= 0.6 is 11.9 Å². The Morgan fingerprint density at radius 3 is 2.14 bits per heavy atom. The minimum atomic E-state index is -5.83. The predicted molar refractivity (Wildman–Crippen MR) is 120 cm³/mol. The lowest BCUT2D eigenvalue weighted by Crippen LogP contribution is -2.60. The van der Waals surface area contributed by atoms with Crippen molar-refractivity contribution in [3.05, 3.63) is 60.7 Å². The molecule has 1 aliphatic heterocycles. The van der Waals surface area contributed by atoms with Gasteiger partial charge in [0.15, 0.2) is 0 Å². The summed E-state index contributed by atoms with van der Waals surface area (Å²) < 4.78 is 82.4. The van der Waals surface area contributed by atoms with Crippen LogP contribution in [-0.2, 0) is 0 Å². The molecule has 0 unspecified atom stereocenters. The molecule has 0 saturated carbocycles. The highest BCUT2D eigenvalue weighted by Gasteiger charge is 2.69. The van der Waals surface area contributed by atoms with Gasteiger partial charge in [-0.2, -0.15) is 22.0 Å². The molecule has 1 fully saturated rings. The van der Waals surface area contributed by atoms with Crippen molar-refractivity contribution in [3.8, 4) is 22.3 Å². The summed E-state index contributed by atoms with van der Waals surface area (Å²) in [5, 5.41) is 10.1. The summed E-state index contributed by atoms with van der Waals surface area (Å²) in [7, 11) is 0. The third kappa shape index (κ3) is 4.95. The second kappa shape index (κ2) is 9.32. The normalized spacial score (nSPS) is 16.9. The van der Waals surface area contributed by atoms with E-state index in [1.807, 2.05) is 0 Å². The van der Waals surface area contributed by atoms with Gasteiger partial charge in [-0.1, -0.05) is 30.3 Å². The molecule has 0 atom stereocenters. The molecule has 3 N–H and O–H groups in total. The van der Waals surface area contributed by atoms with Crippen molar-refractivity contribution in [2.24, 2.45) is 0 Å². The van der Waals surface area contributed by atoms with Gasteiger partial charge in [0, 0.05) is 41.5 Å². The van der Waals surface area contributed by atoms with Crippen molar-refractivity contribution in [1.82, 2.24) is 14.3 Å². The van der Waals surface area contributed by atoms with Gasteiger partial charge in [0.05, 0.1) is 0 Å². The average molecular weight is 514 g/mol. The zero-order chi connectivity index (χ0) is 25.4. The van der Waals surface area contributed by atoms with E-state index in [-0.39, 0.29) is 24.6 Å². The summed E-state index contributed by atoms with van der Waals surface area (Å²) in [5.74, 6) is -5.66. The quantitative estimate of drug-likeness (QED) is 0.343. The van der Waals surface area contributed by atoms with E-state index in [1.54, 1.807) is 40.7 Å². The average Bonchev–Trinajstić information content (AvgIpc) is 2.81. The summed E-state index contributed by atoms with van der Waals surface area (Å²) >= 11 is 1.15. The molecule has 1 saturated heterocycles. The van der Waals surface area contributed by atoms with Crippen LogP contribution in [0.5, 0.6) is 0 Å². The largest absolute Gasteiger partial charge is 0.456 e. The summed E-state index contributed by atoms with van der Waals surface area (Å²) in [4.78, 5) is 8.37. The lowest BCUT2D eigenvalue weighted by molar-refractivity contribution is -0.346. The fourth-order valence-electron chi connectivity index (χ4n) is 3.84. The van der Waals surface area contributed by atoms with Crippen molar-refractivity contribution in [1.29, 1.82) is 0 Å². The molecule has 5 nitrogen and oxygen atoms in total. The second-order valence-electron chi connectivity index (χ2n) is 8.14. The Bertz CT molecular complexity index is 1200. The molecule has 1 aromatic heterocycles. The SMILES string of the molecule is Nc1ncc(-c2ccc(-c3ccccc3SN3CCC(O)(C(F)(F)C(F)(F)F)CC3)cc2F)cn1. The highest BCUT2D eigenvalue weighted by atomic mass is 32.2. The van der Waals surface area contributed by atoms with Crippen LogP contribution in [0.25, 0.3) is 22.3 Å². The van der Waals surface area contributed by atoms with E-state index >= 15 is 0 Å². The topological polar surface area (TPSA) is 75.3 Å². The molecular weight excluding hydrogens is 494 g/mol. The number of hydrogen-bond donors (Lipinski definition) is 2. The number of alkyl halides is 5. The van der Waals surface area contributed by atoms with Gasteiger partial charge in [-0.15, -0.1) is 0 Å². The minimum Gasteiger partial charge on any atom is -0.383 e. The first-order valence-corrected chi connectivity index (χ1v) is 11.3. The number of rotatable bonds is 5. The Morgan fingerprint density at radius 1 is 0.914 bits per heavy atom. The van der Waals surface area contributed by atoms with Crippen molar-refractivity contribution < 1.29 is 31.4 Å². The lowest BCUT2D eigenvalue weighted by atomic mass is 9.85. The first-order valence-electron chi connectivity index (χ1n) is 10.5. The van der Waals surface area contributed by atoms with E-state index in [1.165, 1.54) is 18.5 Å². The molecule has 0 radical (unpaired) electrons. The molecule has 0 spiro atoms. The molecule has 4 rings (SSSR count). The number of hydrogen-bond acceptors (Lipinski definition) is 6. The molecule has 0 amide bonds. The van der Waals surface area contributed by atoms with E-state index in [4.69, 9.17) is 5.73 Å². The fraction of sp³-hybridized carbons (Fsp3) is 0.304. The van der Waals surface area contributed by atoms with E-state index in [0.29, 0.717) is 21.6 Å². The minimum absolute atomic E-state index is 0.0648. The number of anilines is 1. The van der Waals surface area contributed by atoms with Crippen LogP contribution in [0.3, 0.4) is 0 Å². The Hall–Kier alpha value is -2.83. The van der Waals surface area contributed by atoms with Crippen LogP contribution in [0.4, 0.5) is 32.3 Å². The fourth-order valence-corrected chi connectivity index (χ4v) is 4.91. The Kier molecular flexibility index (Phi) is 6.73. The highest BCUT2D eigenvalue weighted by Crippen LogP contribution is 2.49. The number of nitrogens with zero attached hydrogens (tertiary/aromatic N) is 3. The lowest BCUT2D eigenvalue weighted by Gasteiger charge is -2.42. The maximum atomic E-state index is 14.9. The smallest absolute Gasteiger partial charge is 0.383 e. The zero-order valence-corrected chi connectivity index (χ0v) is 18.9. The summed E-state index contributed by atoms with van der Waals surface area (Å²) in [6.45, 7) is -0.378. The molecule has 0 bridgehead atoms. The van der Waals surface area contributed by atoms with Gasteiger partial charge in [0.2, 0.25) is 5.95 Å². The van der Waals surface area contributed by atoms with Crippen LogP contribution < -0.4 is 5.73 Å². The van der Waals surface area contributed by atoms with Crippen LogP contribution in [0.1, 0.15) is 12.8 Å². The van der Waals surface area contributed by atoms with Gasteiger partial charge in [-0.05, 0) is 48.0 Å². The first kappa shape index (κ1) is 25.3. The standard InChI is InChI=1S/C23H20F6N4OS/c24-18-11-14(5-6-16(18)15-12-31-20(30)32-13-15)17-3-1-2-4-19(17)35-33-9-7-21(34,8-10-33)22(25,26)23(27,28)29/h1-6,11-13,34H,7-10H2,(H2,30,31,32). The van der Waals surface area contributed by atoms with Gasteiger partial charge in [0.1, 0.15) is 11.4 Å². The van der Waals surface area contributed by atoms with Gasteiger partial charge >= 0.3 is 12.1 Å².